The van der Waals surface area contributed by atoms with Crippen molar-refractivity contribution in [1.82, 2.24) is 14.5 Å². The summed E-state index contributed by atoms with van der Waals surface area (Å²) in [6.07, 6.45) is 5.21. The van der Waals surface area contributed by atoms with Gasteiger partial charge in [0.05, 0.1) is 10.9 Å². The molecular formula is C25H27ClN4O2. The molecule has 5 rings (SSSR count). The maximum Gasteiger partial charge on any atom is 0.261 e. The molecule has 6 nitrogen and oxygen atoms in total. The van der Waals surface area contributed by atoms with Crippen LogP contribution in [0.3, 0.4) is 0 Å². The highest BCUT2D eigenvalue weighted by molar-refractivity contribution is 6.30. The molecule has 3 heterocycles. The van der Waals surface area contributed by atoms with Gasteiger partial charge in [-0.3, -0.25) is 14.2 Å². The summed E-state index contributed by atoms with van der Waals surface area (Å²) < 4.78 is 1.83. The van der Waals surface area contributed by atoms with Crippen molar-refractivity contribution in [3.05, 3.63) is 69.2 Å². The van der Waals surface area contributed by atoms with Gasteiger partial charge in [-0.1, -0.05) is 24.4 Å². The fourth-order valence-corrected chi connectivity index (χ4v) is 4.86. The molecule has 166 valence electrons. The van der Waals surface area contributed by atoms with Crippen LogP contribution in [0.5, 0.6) is 0 Å². The molecule has 1 amide bonds. The lowest BCUT2D eigenvalue weighted by Crippen LogP contribution is -2.48. The van der Waals surface area contributed by atoms with Crippen LogP contribution in [-0.4, -0.2) is 46.5 Å². The summed E-state index contributed by atoms with van der Waals surface area (Å²) in [4.78, 5) is 35.2. The number of piperazine rings is 1. The number of hydrogen-bond acceptors (Lipinski definition) is 4. The van der Waals surface area contributed by atoms with Gasteiger partial charge in [-0.05, 0) is 55.3 Å². The van der Waals surface area contributed by atoms with E-state index in [1.165, 1.54) is 6.42 Å². The Bertz CT molecular complexity index is 1200. The maximum atomic E-state index is 13.2. The van der Waals surface area contributed by atoms with Crippen LogP contribution in [0.1, 0.15) is 41.9 Å². The van der Waals surface area contributed by atoms with E-state index in [4.69, 9.17) is 16.6 Å². The molecule has 0 N–H and O–H groups in total. The molecule has 2 aromatic carbocycles. The average Bonchev–Trinajstić information content (AvgIpc) is 2.80. The Hall–Kier alpha value is -2.86. The third-order valence-electron chi connectivity index (χ3n) is 6.57. The summed E-state index contributed by atoms with van der Waals surface area (Å²) in [7, 11) is 0. The summed E-state index contributed by atoms with van der Waals surface area (Å²) >= 11 is 5.99. The third kappa shape index (κ3) is 4.11. The molecule has 3 aromatic rings. The van der Waals surface area contributed by atoms with Gasteiger partial charge in [-0.2, -0.15) is 0 Å². The van der Waals surface area contributed by atoms with Crippen LogP contribution in [-0.2, 0) is 13.0 Å². The van der Waals surface area contributed by atoms with Crippen LogP contribution in [0.2, 0.25) is 5.02 Å². The second-order valence-corrected chi connectivity index (χ2v) is 9.07. The minimum absolute atomic E-state index is 0.00342. The van der Waals surface area contributed by atoms with Crippen molar-refractivity contribution in [1.29, 1.82) is 0 Å². The quantitative estimate of drug-likeness (QED) is 0.589. The Morgan fingerprint density at radius 2 is 1.62 bits per heavy atom. The first kappa shape index (κ1) is 21.0. The number of hydrogen-bond donors (Lipinski definition) is 0. The van der Waals surface area contributed by atoms with Crippen molar-refractivity contribution in [2.24, 2.45) is 0 Å². The first-order valence-corrected chi connectivity index (χ1v) is 11.8. The average molecular weight is 451 g/mol. The van der Waals surface area contributed by atoms with E-state index in [-0.39, 0.29) is 11.5 Å². The smallest absolute Gasteiger partial charge is 0.261 e. The number of benzene rings is 2. The zero-order chi connectivity index (χ0) is 22.1. The highest BCUT2D eigenvalue weighted by atomic mass is 35.5. The molecule has 7 heteroatoms. The van der Waals surface area contributed by atoms with E-state index in [9.17, 15) is 9.59 Å². The summed E-state index contributed by atoms with van der Waals surface area (Å²) in [5, 5.41) is 1.32. The molecule has 32 heavy (non-hydrogen) atoms. The third-order valence-corrected chi connectivity index (χ3v) is 6.82. The molecular weight excluding hydrogens is 424 g/mol. The Morgan fingerprint density at radius 1 is 0.875 bits per heavy atom. The number of carbonyl (C=O) groups is 1. The predicted octanol–water partition coefficient (Wildman–Crippen LogP) is 4.13. The number of nitrogens with zero attached hydrogens (tertiary/aromatic N) is 4. The van der Waals surface area contributed by atoms with E-state index in [0.29, 0.717) is 29.6 Å². The number of aryl methyl sites for hydroxylation is 1. The SMILES string of the molecule is O=C(c1ccc2c(=O)n3c(nc2c1)CCCCCC3)N1CCN(c2ccc(Cl)cc2)CC1. The van der Waals surface area contributed by atoms with Gasteiger partial charge < -0.3 is 9.80 Å². The van der Waals surface area contributed by atoms with Gasteiger partial charge in [0.15, 0.2) is 0 Å². The Kier molecular flexibility index (Phi) is 5.87. The van der Waals surface area contributed by atoms with Crippen molar-refractivity contribution in [3.63, 3.8) is 0 Å². The number of halogens is 1. The van der Waals surface area contributed by atoms with Gasteiger partial charge in [-0.25, -0.2) is 4.98 Å². The first-order valence-electron chi connectivity index (χ1n) is 11.4. The zero-order valence-electron chi connectivity index (χ0n) is 18.1. The van der Waals surface area contributed by atoms with Gasteiger partial charge in [0.2, 0.25) is 0 Å². The Labute approximate surface area is 192 Å². The topological polar surface area (TPSA) is 58.4 Å². The minimum Gasteiger partial charge on any atom is -0.368 e. The molecule has 0 saturated carbocycles. The van der Waals surface area contributed by atoms with E-state index >= 15 is 0 Å². The summed E-state index contributed by atoms with van der Waals surface area (Å²) in [5.41, 5.74) is 2.36. The van der Waals surface area contributed by atoms with Gasteiger partial charge in [-0.15, -0.1) is 0 Å². The van der Waals surface area contributed by atoms with Crippen molar-refractivity contribution in [3.8, 4) is 0 Å². The van der Waals surface area contributed by atoms with Gasteiger partial charge in [0.25, 0.3) is 11.5 Å². The normalized spacial score (nSPS) is 17.0. The summed E-state index contributed by atoms with van der Waals surface area (Å²) in [6.45, 7) is 3.58. The fraction of sp³-hybridized carbons (Fsp3) is 0.400. The Balaban J connectivity index is 1.35. The lowest BCUT2D eigenvalue weighted by Gasteiger charge is -2.36. The van der Waals surface area contributed by atoms with Crippen molar-refractivity contribution >= 4 is 34.1 Å². The molecule has 1 aromatic heterocycles. The van der Waals surface area contributed by atoms with Crippen molar-refractivity contribution < 1.29 is 4.79 Å². The van der Waals surface area contributed by atoms with E-state index < -0.39 is 0 Å². The Morgan fingerprint density at radius 3 is 2.41 bits per heavy atom. The van der Waals surface area contributed by atoms with Crippen molar-refractivity contribution in [2.45, 2.75) is 38.6 Å². The molecule has 0 bridgehead atoms. The second kappa shape index (κ2) is 8.94. The lowest BCUT2D eigenvalue weighted by atomic mass is 10.1. The van der Waals surface area contributed by atoms with E-state index in [0.717, 1.165) is 61.9 Å². The van der Waals surface area contributed by atoms with Crippen LogP contribution in [0, 0.1) is 0 Å². The molecule has 0 radical (unpaired) electrons. The standard InChI is InChI=1S/C25H27ClN4O2/c26-19-7-9-20(10-8-19)28-13-15-29(16-14-28)24(31)18-6-11-21-22(17-18)27-23-5-3-1-2-4-12-30(23)25(21)32/h6-11,17H,1-5,12-16H2. The molecule has 2 aliphatic rings. The van der Waals surface area contributed by atoms with E-state index in [1.54, 1.807) is 18.2 Å². The molecule has 0 aliphatic carbocycles. The highest BCUT2D eigenvalue weighted by Gasteiger charge is 2.23. The van der Waals surface area contributed by atoms with Crippen LogP contribution >= 0.6 is 11.6 Å². The van der Waals surface area contributed by atoms with E-state index in [1.807, 2.05) is 33.7 Å². The van der Waals surface area contributed by atoms with Gasteiger partial charge >= 0.3 is 0 Å². The molecule has 1 saturated heterocycles. The molecule has 2 aliphatic heterocycles. The number of anilines is 1. The predicted molar refractivity (Wildman–Crippen MR) is 128 cm³/mol. The number of fused-ring (bicyclic) bond motifs is 2. The molecule has 0 unspecified atom stereocenters. The largest absolute Gasteiger partial charge is 0.368 e. The van der Waals surface area contributed by atoms with Gasteiger partial charge in [0.1, 0.15) is 5.82 Å². The molecule has 1 fully saturated rings. The molecule has 0 spiro atoms. The van der Waals surface area contributed by atoms with Crippen molar-refractivity contribution in [2.75, 3.05) is 31.1 Å². The fourth-order valence-electron chi connectivity index (χ4n) is 4.73. The maximum absolute atomic E-state index is 13.2. The van der Waals surface area contributed by atoms with Gasteiger partial charge in [0, 0.05) is 55.4 Å². The molecule has 0 atom stereocenters. The number of rotatable bonds is 2. The van der Waals surface area contributed by atoms with Crippen LogP contribution in [0.4, 0.5) is 5.69 Å². The minimum atomic E-state index is -0.00342. The summed E-state index contributed by atoms with van der Waals surface area (Å²) in [5.74, 6) is 0.847. The van der Waals surface area contributed by atoms with Crippen LogP contribution in [0.25, 0.3) is 10.9 Å². The van der Waals surface area contributed by atoms with E-state index in [2.05, 4.69) is 4.90 Å². The number of carbonyl (C=O) groups excluding carboxylic acids is 1. The highest BCUT2D eigenvalue weighted by Crippen LogP contribution is 2.21. The first-order chi connectivity index (χ1) is 15.6. The lowest BCUT2D eigenvalue weighted by molar-refractivity contribution is 0.0747. The zero-order valence-corrected chi connectivity index (χ0v) is 18.9. The van der Waals surface area contributed by atoms with Crippen LogP contribution in [0.15, 0.2) is 47.3 Å². The number of amides is 1. The summed E-state index contributed by atoms with van der Waals surface area (Å²) in [6, 6.07) is 13.1. The second-order valence-electron chi connectivity index (χ2n) is 8.64. The van der Waals surface area contributed by atoms with Crippen LogP contribution < -0.4 is 10.5 Å². The number of aromatic nitrogens is 2. The monoisotopic (exact) mass is 450 g/mol.